The number of benzene rings is 7. The molecule has 2 heteroatoms. The standard InChI is InChI=1S/C51H45NO/c1-33-27-36-13-7-8-14-37(36)29-38(33)32-53-34(2)28-35-19-21-39(22-20-35)52(40-23-25-44-42-15-9-11-17-46(42)50(3,4)48(44)30-40)41-24-26-45-43-16-10-12-18-47(43)51(5,6)49(45)31-41/h7-31H,32H2,1-6H3. The van der Waals surface area contributed by atoms with E-state index in [0.717, 1.165) is 28.4 Å². The van der Waals surface area contributed by atoms with Crippen LogP contribution in [0.2, 0.25) is 0 Å². The summed E-state index contributed by atoms with van der Waals surface area (Å²) in [6, 6.07) is 53.7. The molecular weight excluding hydrogens is 643 g/mol. The maximum absolute atomic E-state index is 6.31. The third-order valence-corrected chi connectivity index (χ3v) is 11.8. The molecule has 0 atom stereocenters. The number of rotatable bonds is 7. The van der Waals surface area contributed by atoms with Crippen molar-refractivity contribution in [2.24, 2.45) is 0 Å². The van der Waals surface area contributed by atoms with E-state index in [1.807, 2.05) is 6.92 Å². The van der Waals surface area contributed by atoms with E-state index in [-0.39, 0.29) is 10.8 Å². The number of ether oxygens (including phenoxy) is 1. The van der Waals surface area contributed by atoms with Crippen molar-refractivity contribution in [3.63, 3.8) is 0 Å². The van der Waals surface area contributed by atoms with Crippen LogP contribution < -0.4 is 4.90 Å². The Morgan fingerprint density at radius 1 is 0.528 bits per heavy atom. The van der Waals surface area contributed by atoms with Gasteiger partial charge < -0.3 is 9.64 Å². The second-order valence-corrected chi connectivity index (χ2v) is 15.9. The van der Waals surface area contributed by atoms with E-state index >= 15 is 0 Å². The van der Waals surface area contributed by atoms with Crippen LogP contribution in [0.3, 0.4) is 0 Å². The molecule has 0 radical (unpaired) electrons. The van der Waals surface area contributed by atoms with Gasteiger partial charge in [-0.25, -0.2) is 0 Å². The number of hydrogen-bond donors (Lipinski definition) is 0. The zero-order chi connectivity index (χ0) is 36.5. The average Bonchev–Trinajstić information content (AvgIpc) is 3.54. The molecule has 0 N–H and O–H groups in total. The summed E-state index contributed by atoms with van der Waals surface area (Å²) >= 11 is 0. The minimum Gasteiger partial charge on any atom is -0.494 e. The SMILES string of the molecule is CC(=Cc1ccc(N(c2ccc3c(c2)C(C)(C)c2ccccc2-3)c2ccc3c(c2)C(C)(C)c2ccccc2-3)cc1)OCc1cc2ccccc2cc1C. The molecule has 2 aliphatic rings. The first-order valence-electron chi connectivity index (χ1n) is 18.8. The first-order valence-corrected chi connectivity index (χ1v) is 18.8. The van der Waals surface area contributed by atoms with Gasteiger partial charge in [0, 0.05) is 27.9 Å². The molecule has 2 aliphatic carbocycles. The lowest BCUT2D eigenvalue weighted by atomic mass is 9.82. The normalized spacial score (nSPS) is 14.7. The van der Waals surface area contributed by atoms with Gasteiger partial charge in [0.25, 0.3) is 0 Å². The van der Waals surface area contributed by atoms with Crippen LogP contribution in [0.4, 0.5) is 17.1 Å². The summed E-state index contributed by atoms with van der Waals surface area (Å²) in [7, 11) is 0. The summed E-state index contributed by atoms with van der Waals surface area (Å²) < 4.78 is 6.31. The third kappa shape index (κ3) is 5.47. The monoisotopic (exact) mass is 687 g/mol. The van der Waals surface area contributed by atoms with E-state index in [9.17, 15) is 0 Å². The van der Waals surface area contributed by atoms with Crippen LogP contribution >= 0.6 is 0 Å². The zero-order valence-corrected chi connectivity index (χ0v) is 31.5. The van der Waals surface area contributed by atoms with Gasteiger partial charge in [-0.2, -0.15) is 0 Å². The summed E-state index contributed by atoms with van der Waals surface area (Å²) in [5, 5.41) is 2.50. The van der Waals surface area contributed by atoms with Crippen molar-refractivity contribution in [2.75, 3.05) is 4.90 Å². The molecule has 0 amide bonds. The van der Waals surface area contributed by atoms with Crippen molar-refractivity contribution in [1.82, 2.24) is 0 Å². The molecule has 0 fully saturated rings. The predicted octanol–water partition coefficient (Wildman–Crippen LogP) is 13.8. The molecule has 0 unspecified atom stereocenters. The molecule has 0 saturated carbocycles. The molecule has 0 bridgehead atoms. The topological polar surface area (TPSA) is 12.5 Å². The molecule has 260 valence electrons. The van der Waals surface area contributed by atoms with Gasteiger partial charge in [0.1, 0.15) is 6.61 Å². The van der Waals surface area contributed by atoms with Crippen LogP contribution in [0.1, 0.15) is 73.6 Å². The van der Waals surface area contributed by atoms with Gasteiger partial charge >= 0.3 is 0 Å². The third-order valence-electron chi connectivity index (χ3n) is 11.8. The number of nitrogens with zero attached hydrogens (tertiary/aromatic N) is 1. The minimum atomic E-state index is -0.0905. The van der Waals surface area contributed by atoms with Crippen molar-refractivity contribution in [2.45, 2.75) is 59.0 Å². The van der Waals surface area contributed by atoms with Crippen molar-refractivity contribution in [1.29, 1.82) is 0 Å². The van der Waals surface area contributed by atoms with Crippen LogP contribution in [0.5, 0.6) is 0 Å². The number of allylic oxidation sites excluding steroid dienone is 1. The highest BCUT2D eigenvalue weighted by atomic mass is 16.5. The molecule has 0 aliphatic heterocycles. The number of hydrogen-bond acceptors (Lipinski definition) is 2. The Balaban J connectivity index is 1.07. The highest BCUT2D eigenvalue weighted by molar-refractivity contribution is 5.88. The van der Waals surface area contributed by atoms with Gasteiger partial charge in [-0.1, -0.05) is 131 Å². The molecule has 53 heavy (non-hydrogen) atoms. The van der Waals surface area contributed by atoms with Crippen molar-refractivity contribution in [3.05, 3.63) is 190 Å². The first kappa shape index (κ1) is 33.0. The number of anilines is 3. The molecular formula is C51H45NO. The Hall–Kier alpha value is -5.86. The van der Waals surface area contributed by atoms with Crippen LogP contribution in [-0.4, -0.2) is 0 Å². The van der Waals surface area contributed by atoms with Crippen molar-refractivity contribution in [3.8, 4) is 22.3 Å². The molecule has 7 aromatic carbocycles. The molecule has 2 nitrogen and oxygen atoms in total. The summed E-state index contributed by atoms with van der Waals surface area (Å²) in [5.74, 6) is 0.892. The van der Waals surface area contributed by atoms with Gasteiger partial charge in [-0.05, 0) is 134 Å². The highest BCUT2D eigenvalue weighted by Gasteiger charge is 2.37. The van der Waals surface area contributed by atoms with Gasteiger partial charge in [0.05, 0.1) is 5.76 Å². The predicted molar refractivity (Wildman–Crippen MR) is 223 cm³/mol. The Bertz CT molecular complexity index is 2480. The van der Waals surface area contributed by atoms with E-state index in [4.69, 9.17) is 4.74 Å². The lowest BCUT2D eigenvalue weighted by Gasteiger charge is -2.29. The van der Waals surface area contributed by atoms with Crippen LogP contribution in [0.25, 0.3) is 39.1 Å². The van der Waals surface area contributed by atoms with Crippen LogP contribution in [0, 0.1) is 6.92 Å². The van der Waals surface area contributed by atoms with Crippen molar-refractivity contribution >= 4 is 33.9 Å². The number of fused-ring (bicyclic) bond motifs is 7. The van der Waals surface area contributed by atoms with E-state index < -0.39 is 0 Å². The fourth-order valence-electron chi connectivity index (χ4n) is 8.85. The molecule has 0 heterocycles. The highest BCUT2D eigenvalue weighted by Crippen LogP contribution is 2.53. The summed E-state index contributed by atoms with van der Waals surface area (Å²) in [5.41, 5.74) is 17.7. The van der Waals surface area contributed by atoms with Crippen molar-refractivity contribution < 1.29 is 4.74 Å². The fraction of sp³-hybridized carbons (Fsp3) is 0.176. The van der Waals surface area contributed by atoms with Gasteiger partial charge in [0.15, 0.2) is 0 Å². The number of aryl methyl sites for hydroxylation is 1. The second kappa shape index (κ2) is 12.4. The second-order valence-electron chi connectivity index (χ2n) is 15.9. The maximum atomic E-state index is 6.31. The summed E-state index contributed by atoms with van der Waals surface area (Å²) in [4.78, 5) is 2.43. The lowest BCUT2D eigenvalue weighted by Crippen LogP contribution is -2.18. The first-order chi connectivity index (χ1) is 25.6. The molecule has 0 aromatic heterocycles. The van der Waals surface area contributed by atoms with E-state index in [0.29, 0.717) is 6.61 Å². The average molecular weight is 688 g/mol. The smallest absolute Gasteiger partial charge is 0.113 e. The minimum absolute atomic E-state index is 0.0905. The van der Waals surface area contributed by atoms with E-state index in [1.165, 1.54) is 66.4 Å². The Morgan fingerprint density at radius 2 is 1.00 bits per heavy atom. The Kier molecular flexibility index (Phi) is 7.71. The molecule has 0 spiro atoms. The Labute approximate surface area is 314 Å². The van der Waals surface area contributed by atoms with Gasteiger partial charge in [-0.15, -0.1) is 0 Å². The van der Waals surface area contributed by atoms with Gasteiger partial charge in [-0.3, -0.25) is 0 Å². The Morgan fingerprint density at radius 3 is 1.57 bits per heavy atom. The molecule has 7 aromatic rings. The maximum Gasteiger partial charge on any atom is 0.113 e. The molecule has 0 saturated heterocycles. The largest absolute Gasteiger partial charge is 0.494 e. The summed E-state index contributed by atoms with van der Waals surface area (Å²) in [6.07, 6.45) is 2.13. The molecule has 9 rings (SSSR count). The fourth-order valence-corrected chi connectivity index (χ4v) is 8.85. The van der Waals surface area contributed by atoms with Gasteiger partial charge in [0.2, 0.25) is 0 Å². The quantitative estimate of drug-likeness (QED) is 0.155. The lowest BCUT2D eigenvalue weighted by molar-refractivity contribution is 0.203. The van der Waals surface area contributed by atoms with E-state index in [1.54, 1.807) is 0 Å². The van der Waals surface area contributed by atoms with Crippen LogP contribution in [-0.2, 0) is 22.2 Å². The van der Waals surface area contributed by atoms with E-state index in [2.05, 4.69) is 191 Å². The zero-order valence-electron chi connectivity index (χ0n) is 31.5. The van der Waals surface area contributed by atoms with Crippen LogP contribution in [0.15, 0.2) is 151 Å². The summed E-state index contributed by atoms with van der Waals surface area (Å²) in [6.45, 7) is 14.2.